The van der Waals surface area contributed by atoms with Crippen LogP contribution in [0, 0.1) is 10.1 Å². The second kappa shape index (κ2) is 5.03. The van der Waals surface area contributed by atoms with Gasteiger partial charge in [0.1, 0.15) is 5.03 Å². The Bertz CT molecular complexity index is 192. The van der Waals surface area contributed by atoms with Gasteiger partial charge in [-0.25, -0.2) is 0 Å². The summed E-state index contributed by atoms with van der Waals surface area (Å²) in [5, 5.41) is 10.9. The van der Waals surface area contributed by atoms with Crippen LogP contribution in [0.2, 0.25) is 0 Å². The Kier molecular flexibility index (Phi) is 4.73. The first-order chi connectivity index (χ1) is 5.49. The van der Waals surface area contributed by atoms with Crippen molar-refractivity contribution in [2.75, 3.05) is 13.3 Å². The molecule has 0 aliphatic rings. The lowest BCUT2D eigenvalue weighted by Gasteiger charge is -2.23. The third-order valence-electron chi connectivity index (χ3n) is 1.55. The normalized spacial score (nSPS) is 11.9. The van der Waals surface area contributed by atoms with E-state index in [1.165, 1.54) is 11.8 Å². The summed E-state index contributed by atoms with van der Waals surface area (Å²) in [6.07, 6.45) is 2.86. The van der Waals surface area contributed by atoms with E-state index in [4.69, 9.17) is 0 Å². The molecule has 0 rings (SSSR count). The molecule has 0 aliphatic heterocycles. The number of nitro groups is 1. The lowest BCUT2D eigenvalue weighted by atomic mass is 10.4. The zero-order valence-electron chi connectivity index (χ0n) is 7.77. The van der Waals surface area contributed by atoms with Gasteiger partial charge in [0.15, 0.2) is 0 Å². The van der Waals surface area contributed by atoms with Gasteiger partial charge < -0.3 is 4.90 Å². The lowest BCUT2D eigenvalue weighted by Crippen LogP contribution is -2.24. The lowest BCUT2D eigenvalue weighted by molar-refractivity contribution is -0.403. The molecule has 0 aromatic heterocycles. The molecule has 5 heteroatoms. The molecule has 0 aromatic carbocycles. The van der Waals surface area contributed by atoms with Crippen molar-refractivity contribution in [3.63, 3.8) is 0 Å². The molecular formula is C7H14N2O2S. The number of hydrogen-bond acceptors (Lipinski definition) is 4. The molecule has 0 aromatic rings. The van der Waals surface area contributed by atoms with Gasteiger partial charge in [0, 0.05) is 13.1 Å². The molecule has 0 fully saturated rings. The molecule has 0 amide bonds. The fourth-order valence-corrected chi connectivity index (χ4v) is 1.32. The van der Waals surface area contributed by atoms with Gasteiger partial charge in [-0.15, -0.1) is 11.8 Å². The van der Waals surface area contributed by atoms with Crippen LogP contribution in [0.1, 0.15) is 13.8 Å². The van der Waals surface area contributed by atoms with E-state index in [-0.39, 0.29) is 6.04 Å². The minimum atomic E-state index is -0.426. The predicted octanol–water partition coefficient (Wildman–Crippen LogP) is 1.77. The minimum Gasteiger partial charge on any atom is -0.362 e. The summed E-state index contributed by atoms with van der Waals surface area (Å²) >= 11 is 1.38. The van der Waals surface area contributed by atoms with Gasteiger partial charge in [0.25, 0.3) is 6.20 Å². The molecule has 0 saturated heterocycles. The molecule has 0 radical (unpaired) electrons. The van der Waals surface area contributed by atoms with E-state index in [1.807, 2.05) is 32.1 Å². The van der Waals surface area contributed by atoms with E-state index >= 15 is 0 Å². The standard InChI is InChI=1S/C7H14N2O2S/c1-6(2)8(3)7(12-4)5-9(10)11/h5-6H,1-4H3/b7-5+. The van der Waals surface area contributed by atoms with Gasteiger partial charge in [0.2, 0.25) is 0 Å². The van der Waals surface area contributed by atoms with E-state index in [0.29, 0.717) is 5.03 Å². The van der Waals surface area contributed by atoms with Gasteiger partial charge in [0.05, 0.1) is 4.92 Å². The van der Waals surface area contributed by atoms with Crippen LogP contribution in [0.4, 0.5) is 0 Å². The van der Waals surface area contributed by atoms with Crippen LogP contribution in [0.15, 0.2) is 11.2 Å². The van der Waals surface area contributed by atoms with Crippen LogP contribution in [0.3, 0.4) is 0 Å². The van der Waals surface area contributed by atoms with E-state index in [9.17, 15) is 10.1 Å². The summed E-state index contributed by atoms with van der Waals surface area (Å²) in [4.78, 5) is 11.6. The molecular weight excluding hydrogens is 176 g/mol. The Labute approximate surface area is 76.8 Å². The highest BCUT2D eigenvalue weighted by atomic mass is 32.2. The van der Waals surface area contributed by atoms with Crippen LogP contribution >= 0.6 is 11.8 Å². The average Bonchev–Trinajstić information content (AvgIpc) is 1.98. The maximum atomic E-state index is 10.2. The summed E-state index contributed by atoms with van der Waals surface area (Å²) in [7, 11) is 1.84. The molecule has 70 valence electrons. The minimum absolute atomic E-state index is 0.281. The SMILES string of the molecule is CS/C(=C/[N+](=O)[O-])N(C)C(C)C. The van der Waals surface area contributed by atoms with E-state index in [0.717, 1.165) is 6.20 Å². The molecule has 0 N–H and O–H groups in total. The van der Waals surface area contributed by atoms with E-state index in [2.05, 4.69) is 0 Å². The maximum Gasteiger partial charge on any atom is 0.264 e. The monoisotopic (exact) mass is 190 g/mol. The largest absolute Gasteiger partial charge is 0.362 e. The first-order valence-electron chi connectivity index (χ1n) is 3.61. The Balaban J connectivity index is 4.44. The van der Waals surface area contributed by atoms with E-state index < -0.39 is 4.92 Å². The fourth-order valence-electron chi connectivity index (χ4n) is 0.632. The second-order valence-electron chi connectivity index (χ2n) is 2.66. The van der Waals surface area contributed by atoms with Crippen molar-refractivity contribution in [3.8, 4) is 0 Å². The Morgan fingerprint density at radius 3 is 2.42 bits per heavy atom. The second-order valence-corrected chi connectivity index (χ2v) is 3.49. The first-order valence-corrected chi connectivity index (χ1v) is 4.83. The van der Waals surface area contributed by atoms with Crippen molar-refractivity contribution in [1.29, 1.82) is 0 Å². The zero-order valence-corrected chi connectivity index (χ0v) is 8.59. The van der Waals surface area contributed by atoms with Gasteiger partial charge in [-0.3, -0.25) is 10.1 Å². The number of thioether (sulfide) groups is 1. The van der Waals surface area contributed by atoms with Crippen molar-refractivity contribution in [2.45, 2.75) is 19.9 Å². The maximum absolute atomic E-state index is 10.2. The van der Waals surface area contributed by atoms with Crippen LogP contribution in [-0.2, 0) is 0 Å². The summed E-state index contributed by atoms with van der Waals surface area (Å²) in [5.74, 6) is 0. The summed E-state index contributed by atoms with van der Waals surface area (Å²) in [5.41, 5.74) is 0. The molecule has 12 heavy (non-hydrogen) atoms. The topological polar surface area (TPSA) is 46.4 Å². The summed E-state index contributed by atoms with van der Waals surface area (Å²) in [6, 6.07) is 0.281. The van der Waals surface area contributed by atoms with Crippen molar-refractivity contribution in [2.24, 2.45) is 0 Å². The molecule has 0 heterocycles. The number of rotatable bonds is 4. The van der Waals surface area contributed by atoms with Gasteiger partial charge >= 0.3 is 0 Å². The third kappa shape index (κ3) is 3.61. The van der Waals surface area contributed by atoms with Crippen molar-refractivity contribution in [1.82, 2.24) is 4.90 Å². The number of nitrogens with zero attached hydrogens (tertiary/aromatic N) is 2. The van der Waals surface area contributed by atoms with Crippen LogP contribution in [0.5, 0.6) is 0 Å². The van der Waals surface area contributed by atoms with Gasteiger partial charge in [-0.1, -0.05) is 0 Å². The average molecular weight is 190 g/mol. The van der Waals surface area contributed by atoms with Crippen molar-refractivity contribution >= 4 is 11.8 Å². The summed E-state index contributed by atoms with van der Waals surface area (Å²) < 4.78 is 0. The molecule has 0 spiro atoms. The van der Waals surface area contributed by atoms with Gasteiger partial charge in [-0.05, 0) is 20.1 Å². The Morgan fingerprint density at radius 1 is 1.67 bits per heavy atom. The Hall–Kier alpha value is -0.710. The van der Waals surface area contributed by atoms with Crippen molar-refractivity contribution in [3.05, 3.63) is 21.3 Å². The molecule has 0 unspecified atom stereocenters. The fraction of sp³-hybridized carbons (Fsp3) is 0.714. The van der Waals surface area contributed by atoms with E-state index in [1.54, 1.807) is 0 Å². The molecule has 0 atom stereocenters. The molecule has 0 saturated carbocycles. The Morgan fingerprint density at radius 2 is 2.17 bits per heavy atom. The van der Waals surface area contributed by atoms with Crippen molar-refractivity contribution < 1.29 is 4.92 Å². The van der Waals surface area contributed by atoms with Crippen LogP contribution in [0.25, 0.3) is 0 Å². The quantitative estimate of drug-likeness (QED) is 0.500. The predicted molar refractivity (Wildman–Crippen MR) is 51.5 cm³/mol. The molecule has 4 nitrogen and oxygen atoms in total. The van der Waals surface area contributed by atoms with Crippen LogP contribution in [-0.4, -0.2) is 29.2 Å². The molecule has 0 aliphatic carbocycles. The number of hydrogen-bond donors (Lipinski definition) is 0. The highest BCUT2D eigenvalue weighted by Gasteiger charge is 2.10. The highest BCUT2D eigenvalue weighted by Crippen LogP contribution is 2.17. The first kappa shape index (κ1) is 11.3. The zero-order chi connectivity index (χ0) is 9.72. The third-order valence-corrected chi connectivity index (χ3v) is 2.36. The van der Waals surface area contributed by atoms with Crippen LogP contribution < -0.4 is 0 Å². The summed E-state index contributed by atoms with van der Waals surface area (Å²) in [6.45, 7) is 3.98. The van der Waals surface area contributed by atoms with Gasteiger partial charge in [-0.2, -0.15) is 0 Å². The smallest absolute Gasteiger partial charge is 0.264 e. The highest BCUT2D eigenvalue weighted by molar-refractivity contribution is 8.02. The molecule has 0 bridgehead atoms.